The number of esters is 1. The average Bonchev–Trinajstić information content (AvgIpc) is 3.32. The fourth-order valence-corrected chi connectivity index (χ4v) is 10.5. The Labute approximate surface area is 399 Å². The van der Waals surface area contributed by atoms with Gasteiger partial charge in [0.05, 0.1) is 37.1 Å². The molecule has 2 N–H and O–H groups in total. The number of carbonyl (C=O) groups excluding carboxylic acids is 4. The summed E-state index contributed by atoms with van der Waals surface area (Å²) in [5.41, 5.74) is 1.27. The molecule has 1 aromatic rings. The number of cyclic esters (lactones) is 1. The zero-order chi connectivity index (χ0) is 50.0. The van der Waals surface area contributed by atoms with E-state index in [-0.39, 0.29) is 62.7 Å². The van der Waals surface area contributed by atoms with Crippen molar-refractivity contribution in [2.75, 3.05) is 34.5 Å². The van der Waals surface area contributed by atoms with Crippen molar-refractivity contribution in [3.05, 3.63) is 64.8 Å². The minimum Gasteiger partial charge on any atom is -0.456 e. The van der Waals surface area contributed by atoms with Crippen LogP contribution < -0.4 is 0 Å². The number of rotatable bonds is 10. The van der Waals surface area contributed by atoms with Gasteiger partial charge in [-0.1, -0.05) is 52.0 Å². The van der Waals surface area contributed by atoms with Crippen molar-refractivity contribution < 1.29 is 71.0 Å². The van der Waals surface area contributed by atoms with E-state index in [0.717, 1.165) is 11.0 Å². The van der Waals surface area contributed by atoms with Crippen LogP contribution in [0, 0.1) is 41.2 Å². The first-order chi connectivity index (χ1) is 32.3. The Morgan fingerprint density at radius 3 is 2.22 bits per heavy atom. The maximum Gasteiger partial charge on any atom is 0.329 e. The van der Waals surface area contributed by atoms with Crippen LogP contribution >= 0.6 is 0 Å². The molecular formula is C52H74F3NO12. The number of methoxy groups -OCH3 is 3. The molecule has 1 aromatic carbocycles. The van der Waals surface area contributed by atoms with Gasteiger partial charge in [0, 0.05) is 58.1 Å². The second-order valence-electron chi connectivity index (χ2n) is 19.5. The Balaban J connectivity index is 1.45. The maximum atomic E-state index is 16.3. The second kappa shape index (κ2) is 24.9. The molecule has 3 heterocycles. The van der Waals surface area contributed by atoms with Crippen LogP contribution in [0.4, 0.5) is 13.2 Å². The van der Waals surface area contributed by atoms with E-state index in [4.69, 9.17) is 28.4 Å². The molecule has 2 saturated heterocycles. The number of carbonyl (C=O) groups is 4. The van der Waals surface area contributed by atoms with Crippen molar-refractivity contribution in [1.82, 2.24) is 4.90 Å². The molecule has 4 aliphatic rings. The SMILES string of the molecule is CCC1/C=C(\C)C(F)C(C)CC(OC)C2OC(O)(C(=O)C(=O)N3CCCCC3C(=O)OC(C(C)=CC3CCC(OCC=Cc4cc(F)cc(F)c4)C(OC)C3)C(C)C(O)CC1=O)C(C)CC2OC. The highest BCUT2D eigenvalue weighted by Crippen LogP contribution is 2.40. The predicted octanol–water partition coefficient (Wildman–Crippen LogP) is 7.44. The summed E-state index contributed by atoms with van der Waals surface area (Å²) in [6.45, 7) is 10.3. The third kappa shape index (κ3) is 13.3. The molecule has 68 heavy (non-hydrogen) atoms. The molecule has 0 spiro atoms. The first-order valence-corrected chi connectivity index (χ1v) is 24.3. The smallest absolute Gasteiger partial charge is 0.329 e. The highest BCUT2D eigenvalue weighted by atomic mass is 19.1. The largest absolute Gasteiger partial charge is 0.456 e. The minimum atomic E-state index is -2.63. The molecule has 1 amide bonds. The monoisotopic (exact) mass is 962 g/mol. The first kappa shape index (κ1) is 55.2. The van der Waals surface area contributed by atoms with Gasteiger partial charge < -0.3 is 43.5 Å². The van der Waals surface area contributed by atoms with Crippen molar-refractivity contribution in [2.45, 2.75) is 166 Å². The number of ketones is 2. The summed E-state index contributed by atoms with van der Waals surface area (Å²) in [5, 5.41) is 23.9. The number of fused-ring (bicyclic) bond motifs is 3. The predicted molar refractivity (Wildman–Crippen MR) is 247 cm³/mol. The quantitative estimate of drug-likeness (QED) is 0.135. The zero-order valence-electron chi connectivity index (χ0n) is 41.2. The van der Waals surface area contributed by atoms with Crippen LogP contribution in [0.15, 0.2) is 47.6 Å². The van der Waals surface area contributed by atoms with Gasteiger partial charge >= 0.3 is 5.97 Å². The Morgan fingerprint density at radius 1 is 0.912 bits per heavy atom. The number of hydrogen-bond donors (Lipinski definition) is 2. The van der Waals surface area contributed by atoms with Crippen molar-refractivity contribution >= 4 is 29.5 Å². The number of alkyl halides is 1. The fourth-order valence-electron chi connectivity index (χ4n) is 10.5. The minimum absolute atomic E-state index is 0.0226. The van der Waals surface area contributed by atoms with Crippen LogP contribution in [0.2, 0.25) is 0 Å². The second-order valence-corrected chi connectivity index (χ2v) is 19.5. The number of hydrogen-bond acceptors (Lipinski definition) is 12. The van der Waals surface area contributed by atoms with E-state index in [9.17, 15) is 38.2 Å². The maximum absolute atomic E-state index is 16.3. The Kier molecular flexibility index (Phi) is 20.2. The van der Waals surface area contributed by atoms with Crippen LogP contribution in [0.1, 0.15) is 111 Å². The number of allylic oxidation sites excluding steroid dienone is 3. The van der Waals surface area contributed by atoms with E-state index in [2.05, 4.69) is 0 Å². The van der Waals surface area contributed by atoms with Crippen LogP contribution in [0.5, 0.6) is 0 Å². The van der Waals surface area contributed by atoms with Gasteiger partial charge in [-0.15, -0.1) is 0 Å². The van der Waals surface area contributed by atoms with E-state index in [1.165, 1.54) is 26.4 Å². The number of aliphatic hydroxyl groups is 2. The molecule has 15 unspecified atom stereocenters. The highest BCUT2D eigenvalue weighted by molar-refractivity contribution is 6.39. The van der Waals surface area contributed by atoms with Gasteiger partial charge in [0.25, 0.3) is 11.7 Å². The van der Waals surface area contributed by atoms with E-state index in [1.807, 2.05) is 13.0 Å². The van der Waals surface area contributed by atoms with Gasteiger partial charge in [0.2, 0.25) is 5.79 Å². The molecular weight excluding hydrogens is 888 g/mol. The summed E-state index contributed by atoms with van der Waals surface area (Å²) in [6, 6.07) is 2.03. The summed E-state index contributed by atoms with van der Waals surface area (Å²) >= 11 is 0. The zero-order valence-corrected chi connectivity index (χ0v) is 41.2. The van der Waals surface area contributed by atoms with Crippen LogP contribution in [-0.4, -0.2) is 134 Å². The molecule has 2 bridgehead atoms. The normalized spacial score (nSPS) is 37.5. The van der Waals surface area contributed by atoms with Crippen LogP contribution in [-0.2, 0) is 47.6 Å². The van der Waals surface area contributed by atoms with Gasteiger partial charge in [-0.05, 0) is 112 Å². The summed E-state index contributed by atoms with van der Waals surface area (Å²) < 4.78 is 79.7. The third-order valence-electron chi connectivity index (χ3n) is 14.7. The van der Waals surface area contributed by atoms with Crippen LogP contribution in [0.3, 0.4) is 0 Å². The van der Waals surface area contributed by atoms with Gasteiger partial charge in [0.15, 0.2) is 0 Å². The number of piperidine rings is 1. The average molecular weight is 962 g/mol. The lowest BCUT2D eigenvalue weighted by Gasteiger charge is -2.47. The number of amides is 1. The molecule has 1 aliphatic carbocycles. The summed E-state index contributed by atoms with van der Waals surface area (Å²) in [7, 11) is 4.44. The molecule has 5 rings (SSSR count). The van der Waals surface area contributed by atoms with Crippen molar-refractivity contribution in [3.63, 3.8) is 0 Å². The fraction of sp³-hybridized carbons (Fsp3) is 0.692. The molecule has 16 heteroatoms. The lowest BCUT2D eigenvalue weighted by Crippen LogP contribution is -2.64. The van der Waals surface area contributed by atoms with Gasteiger partial charge in [-0.3, -0.25) is 14.4 Å². The molecule has 3 aliphatic heterocycles. The number of halogens is 3. The van der Waals surface area contributed by atoms with Crippen molar-refractivity contribution in [1.29, 1.82) is 0 Å². The first-order valence-electron chi connectivity index (χ1n) is 24.3. The number of benzene rings is 1. The van der Waals surface area contributed by atoms with Crippen molar-refractivity contribution in [2.24, 2.45) is 29.6 Å². The number of nitrogens with zero attached hydrogens (tertiary/aromatic N) is 1. The van der Waals surface area contributed by atoms with Crippen molar-refractivity contribution in [3.8, 4) is 0 Å². The van der Waals surface area contributed by atoms with E-state index in [1.54, 1.807) is 60.0 Å². The summed E-state index contributed by atoms with van der Waals surface area (Å²) in [4.78, 5) is 58.2. The molecule has 15 atom stereocenters. The third-order valence-corrected chi connectivity index (χ3v) is 14.7. The molecule has 0 aromatic heterocycles. The molecule has 13 nitrogen and oxygen atoms in total. The van der Waals surface area contributed by atoms with E-state index < -0.39 is 101 Å². The van der Waals surface area contributed by atoms with E-state index >= 15 is 4.39 Å². The van der Waals surface area contributed by atoms with Gasteiger partial charge in [-0.25, -0.2) is 18.0 Å². The topological polar surface area (TPSA) is 167 Å². The molecule has 1 saturated carbocycles. The lowest BCUT2D eigenvalue weighted by atomic mass is 9.81. The molecule has 3 fully saturated rings. The number of Topliss-reactive ketones (excluding diaryl/α,β-unsaturated/α-hetero) is 2. The number of ether oxygens (including phenoxy) is 6. The van der Waals surface area contributed by atoms with Gasteiger partial charge in [-0.2, -0.15) is 0 Å². The lowest BCUT2D eigenvalue weighted by molar-refractivity contribution is -0.302. The Morgan fingerprint density at radius 2 is 1.57 bits per heavy atom. The Hall–Kier alpha value is -3.77. The summed E-state index contributed by atoms with van der Waals surface area (Å²) in [6.07, 6.45) is 2.77. The number of aliphatic hydroxyl groups excluding tert-OH is 1. The molecule has 0 radical (unpaired) electrons. The van der Waals surface area contributed by atoms with Gasteiger partial charge in [0.1, 0.15) is 41.8 Å². The van der Waals surface area contributed by atoms with Crippen LogP contribution in [0.25, 0.3) is 6.08 Å². The Bertz CT molecular complexity index is 1970. The molecule has 380 valence electrons. The van der Waals surface area contributed by atoms with E-state index in [0.29, 0.717) is 55.2 Å². The summed E-state index contributed by atoms with van der Waals surface area (Å²) in [5.74, 6) is -10.8. The standard InChI is InChI=1S/C52H74F3NO12/c1-10-36-21-29(2)46(55)30(3)22-44(64-8)48-45(65-9)23-32(5)52(62,68-48)49(59)50(60)56-18-12-11-15-39(56)51(61)67-47(33(6)40(57)28-41(36)58)31(4)20-35-16-17-42(43(26-35)63-7)66-19-13-14-34-24-37(53)27-38(54)25-34/h13-14,20-21,24-25,27,30,32-33,35-36,39-40,42-48,57,62H,10-12,15-19,22-23,26,28H2,1-9H3/b14-13?,29-21+,31-20?. The highest BCUT2D eigenvalue weighted by Gasteiger charge is 2.57.